The van der Waals surface area contributed by atoms with Crippen molar-refractivity contribution in [2.24, 2.45) is 5.92 Å². The Labute approximate surface area is 273 Å². The van der Waals surface area contributed by atoms with Crippen molar-refractivity contribution < 1.29 is 0 Å². The third-order valence-corrected chi connectivity index (χ3v) is 10.3. The third-order valence-electron chi connectivity index (χ3n) is 10.3. The second-order valence-corrected chi connectivity index (χ2v) is 13.4. The Hall–Kier alpha value is -5.08. The molecule has 0 radical (unpaired) electrons. The van der Waals surface area contributed by atoms with Crippen LogP contribution in [0.3, 0.4) is 0 Å². The van der Waals surface area contributed by atoms with Gasteiger partial charge in [-0.1, -0.05) is 118 Å². The lowest BCUT2D eigenvalue weighted by Crippen LogP contribution is -2.37. The van der Waals surface area contributed by atoms with Crippen LogP contribution in [0.1, 0.15) is 44.7 Å². The first-order valence-electron chi connectivity index (χ1n) is 16.6. The zero-order valence-corrected chi connectivity index (χ0v) is 26.9. The van der Waals surface area contributed by atoms with Gasteiger partial charge in [-0.15, -0.1) is 0 Å². The number of hydrogen-bond acceptors (Lipinski definition) is 2. The van der Waals surface area contributed by atoms with E-state index in [1.54, 1.807) is 0 Å². The van der Waals surface area contributed by atoms with Gasteiger partial charge in [-0.3, -0.25) is 0 Å². The van der Waals surface area contributed by atoms with Crippen molar-refractivity contribution in [2.75, 3.05) is 9.80 Å². The summed E-state index contributed by atoms with van der Waals surface area (Å²) >= 11 is 0. The molecule has 226 valence electrons. The fourth-order valence-corrected chi connectivity index (χ4v) is 7.89. The van der Waals surface area contributed by atoms with E-state index in [4.69, 9.17) is 0 Å². The summed E-state index contributed by atoms with van der Waals surface area (Å²) in [7, 11) is 0. The Morgan fingerprint density at radius 2 is 1.11 bits per heavy atom. The number of nitrogens with zero attached hydrogens (tertiary/aromatic N) is 2. The molecular weight excluding hydrogens is 556 g/mol. The minimum absolute atomic E-state index is 0.182. The molecule has 46 heavy (non-hydrogen) atoms. The Kier molecular flexibility index (Phi) is 7.02. The van der Waals surface area contributed by atoms with E-state index in [1.807, 2.05) is 0 Å². The Morgan fingerprint density at radius 3 is 1.74 bits per heavy atom. The number of rotatable bonds is 6. The molecule has 6 aromatic carbocycles. The number of hydrogen-bond donors (Lipinski definition) is 0. The first-order valence-corrected chi connectivity index (χ1v) is 16.6. The lowest BCUT2D eigenvalue weighted by Gasteiger charge is -2.40. The normalized spacial score (nSPS) is 17.8. The maximum Gasteiger partial charge on any atom is 0.0496 e. The lowest BCUT2D eigenvalue weighted by molar-refractivity contribution is 0.440. The molecule has 0 aromatic heterocycles. The van der Waals surface area contributed by atoms with Crippen LogP contribution in [0, 0.1) is 5.92 Å². The first-order chi connectivity index (χ1) is 22.5. The highest BCUT2D eigenvalue weighted by Gasteiger charge is 2.39. The summed E-state index contributed by atoms with van der Waals surface area (Å²) in [5.41, 5.74) is 11.4. The molecule has 0 saturated carbocycles. The lowest BCUT2D eigenvalue weighted by atomic mass is 9.81. The maximum absolute atomic E-state index is 2.65. The van der Waals surface area contributed by atoms with Crippen LogP contribution in [0.2, 0.25) is 0 Å². The van der Waals surface area contributed by atoms with Crippen molar-refractivity contribution in [3.63, 3.8) is 0 Å². The van der Waals surface area contributed by atoms with Gasteiger partial charge < -0.3 is 9.80 Å². The predicted octanol–water partition coefficient (Wildman–Crippen LogP) is 12.1. The average molecular weight is 597 g/mol. The molecule has 2 atom stereocenters. The molecule has 0 spiro atoms. The van der Waals surface area contributed by atoms with Crippen molar-refractivity contribution in [1.82, 2.24) is 0 Å². The molecule has 0 saturated heterocycles. The third kappa shape index (κ3) is 4.63. The van der Waals surface area contributed by atoms with Crippen LogP contribution in [0.25, 0.3) is 21.9 Å². The smallest absolute Gasteiger partial charge is 0.0496 e. The highest BCUT2D eigenvalue weighted by Crippen LogP contribution is 2.55. The average Bonchev–Trinajstić information content (AvgIpc) is 3.33. The highest BCUT2D eigenvalue weighted by atomic mass is 15.2. The van der Waals surface area contributed by atoms with Gasteiger partial charge in [0.05, 0.1) is 0 Å². The van der Waals surface area contributed by atoms with Crippen molar-refractivity contribution in [1.29, 1.82) is 0 Å². The summed E-state index contributed by atoms with van der Waals surface area (Å²) in [6, 6.07) is 51.5. The Morgan fingerprint density at radius 1 is 0.543 bits per heavy atom. The summed E-state index contributed by atoms with van der Waals surface area (Å²) in [5, 5.41) is 2.65. The topological polar surface area (TPSA) is 6.48 Å². The quantitative estimate of drug-likeness (QED) is 0.176. The number of allylic oxidation sites excluding steroid dienone is 1. The number of para-hydroxylation sites is 3. The standard InChI is InChI=1S/C44H40N2/c1-31-17-13-16-26-41(31)46(34-22-11-6-12-23-34)42-30-40-43(37-25-15-14-24-36(37)42)38-28-27-35(29-39(38)44(40,2)3)45(32-18-7-4-8-19-32)33-20-9-5-10-21-33/h4-16,18-25,27-31,41H,17,26H2,1-3H3. The monoisotopic (exact) mass is 596 g/mol. The van der Waals surface area contributed by atoms with Crippen molar-refractivity contribution in [2.45, 2.75) is 45.1 Å². The van der Waals surface area contributed by atoms with Gasteiger partial charge in [0, 0.05) is 45.3 Å². The van der Waals surface area contributed by atoms with Crippen molar-refractivity contribution in [3.8, 4) is 11.1 Å². The summed E-state index contributed by atoms with van der Waals surface area (Å²) in [6.07, 6.45) is 6.89. The van der Waals surface area contributed by atoms with Gasteiger partial charge in [-0.2, -0.15) is 0 Å². The molecule has 0 bridgehead atoms. The van der Waals surface area contributed by atoms with Gasteiger partial charge in [-0.05, 0) is 101 Å². The van der Waals surface area contributed by atoms with E-state index in [0.29, 0.717) is 12.0 Å². The minimum Gasteiger partial charge on any atom is -0.337 e. The molecule has 6 aromatic rings. The van der Waals surface area contributed by atoms with E-state index in [2.05, 4.69) is 182 Å². The molecule has 0 fully saturated rings. The number of fused-ring (bicyclic) bond motifs is 5. The minimum atomic E-state index is -0.182. The van der Waals surface area contributed by atoms with Gasteiger partial charge >= 0.3 is 0 Å². The van der Waals surface area contributed by atoms with Gasteiger partial charge in [0.1, 0.15) is 0 Å². The zero-order chi connectivity index (χ0) is 31.3. The largest absolute Gasteiger partial charge is 0.337 e. The van der Waals surface area contributed by atoms with E-state index in [0.717, 1.165) is 24.2 Å². The molecule has 2 heteroatoms. The van der Waals surface area contributed by atoms with Crippen LogP contribution in [0.4, 0.5) is 28.4 Å². The predicted molar refractivity (Wildman–Crippen MR) is 196 cm³/mol. The van der Waals surface area contributed by atoms with E-state index < -0.39 is 0 Å². The van der Waals surface area contributed by atoms with Crippen molar-refractivity contribution in [3.05, 3.63) is 163 Å². The van der Waals surface area contributed by atoms with Gasteiger partial charge in [0.2, 0.25) is 0 Å². The van der Waals surface area contributed by atoms with E-state index in [9.17, 15) is 0 Å². The molecule has 2 aliphatic rings. The van der Waals surface area contributed by atoms with E-state index in [1.165, 1.54) is 50.1 Å². The van der Waals surface area contributed by atoms with Crippen LogP contribution in [0.15, 0.2) is 152 Å². The summed E-state index contributed by atoms with van der Waals surface area (Å²) in [5.74, 6) is 0.548. The SMILES string of the molecule is CC1CC=CCC1N(c1ccccc1)c1cc2c(c3ccccc13)-c1ccc(N(c3ccccc3)c3ccccc3)cc1C2(C)C. The highest BCUT2D eigenvalue weighted by molar-refractivity contribution is 6.09. The molecule has 2 nitrogen and oxygen atoms in total. The van der Waals surface area contributed by atoms with E-state index >= 15 is 0 Å². The maximum atomic E-state index is 2.65. The van der Waals surface area contributed by atoms with Crippen LogP contribution in [-0.4, -0.2) is 6.04 Å². The Balaban J connectivity index is 1.33. The molecular formula is C44H40N2. The summed E-state index contributed by atoms with van der Waals surface area (Å²) in [6.45, 7) is 7.23. The second kappa shape index (κ2) is 11.4. The molecule has 2 unspecified atom stereocenters. The summed E-state index contributed by atoms with van der Waals surface area (Å²) < 4.78 is 0. The molecule has 0 amide bonds. The molecule has 0 N–H and O–H groups in total. The van der Waals surface area contributed by atoms with Crippen LogP contribution >= 0.6 is 0 Å². The fourth-order valence-electron chi connectivity index (χ4n) is 7.89. The molecule has 8 rings (SSSR count). The fraction of sp³-hybridized carbons (Fsp3) is 0.182. The summed E-state index contributed by atoms with van der Waals surface area (Å²) in [4.78, 5) is 5.02. The molecule has 0 aliphatic heterocycles. The number of benzene rings is 6. The molecule has 0 heterocycles. The van der Waals surface area contributed by atoms with Gasteiger partial charge in [0.15, 0.2) is 0 Å². The molecule has 2 aliphatic carbocycles. The van der Waals surface area contributed by atoms with E-state index in [-0.39, 0.29) is 5.41 Å². The van der Waals surface area contributed by atoms with Gasteiger partial charge in [-0.25, -0.2) is 0 Å². The first kappa shape index (κ1) is 28.4. The second-order valence-electron chi connectivity index (χ2n) is 13.4. The Bertz CT molecular complexity index is 2000. The van der Waals surface area contributed by atoms with Crippen LogP contribution in [-0.2, 0) is 5.41 Å². The van der Waals surface area contributed by atoms with Gasteiger partial charge in [0.25, 0.3) is 0 Å². The zero-order valence-electron chi connectivity index (χ0n) is 26.9. The van der Waals surface area contributed by atoms with Crippen molar-refractivity contribution >= 4 is 39.2 Å². The van der Waals surface area contributed by atoms with Crippen LogP contribution < -0.4 is 9.80 Å². The van der Waals surface area contributed by atoms with Crippen LogP contribution in [0.5, 0.6) is 0 Å². The number of anilines is 5.